The van der Waals surface area contributed by atoms with Crippen LogP contribution in [0.3, 0.4) is 0 Å². The van der Waals surface area contributed by atoms with E-state index in [1.165, 1.54) is 80.3 Å². The van der Waals surface area contributed by atoms with Crippen molar-refractivity contribution in [3.8, 4) is 0 Å². The Kier molecular flexibility index (Phi) is 9.25. The number of rotatable bonds is 6. The molecule has 0 saturated carbocycles. The number of aromatic amines is 1. The zero-order valence-electron chi connectivity index (χ0n) is 20.0. The molecule has 1 aromatic carbocycles. The van der Waals surface area contributed by atoms with Crippen molar-refractivity contribution < 1.29 is 0 Å². The standard InChI is InChI=1S/C25H40N6.HI/c1-20-7-8-22-21(18-28-23(22)17-20)9-12-27-24(26-2)29-19-25(10-15-30(3)16-11-25)31-13-5-4-6-14-31;/h7-8,17-18,28H,4-6,9-16,19H2,1-3H3,(H2,26,27,29);1H. The first kappa shape index (κ1) is 25.3. The second kappa shape index (κ2) is 11.7. The van der Waals surface area contributed by atoms with Crippen molar-refractivity contribution in [3.05, 3.63) is 35.5 Å². The summed E-state index contributed by atoms with van der Waals surface area (Å²) in [6.07, 6.45) is 9.67. The molecule has 3 N–H and O–H groups in total. The molecule has 4 rings (SSSR count). The molecule has 0 bridgehead atoms. The van der Waals surface area contributed by atoms with E-state index >= 15 is 0 Å². The molecule has 2 saturated heterocycles. The molecule has 2 aliphatic heterocycles. The molecule has 2 aliphatic rings. The molecule has 0 unspecified atom stereocenters. The zero-order chi connectivity index (χ0) is 21.7. The summed E-state index contributed by atoms with van der Waals surface area (Å²) in [6.45, 7) is 8.86. The van der Waals surface area contributed by atoms with Gasteiger partial charge >= 0.3 is 0 Å². The van der Waals surface area contributed by atoms with Crippen LogP contribution in [0.2, 0.25) is 0 Å². The minimum atomic E-state index is 0. The van der Waals surface area contributed by atoms with Crippen LogP contribution in [0.15, 0.2) is 29.4 Å². The van der Waals surface area contributed by atoms with Gasteiger partial charge in [-0.2, -0.15) is 0 Å². The van der Waals surface area contributed by atoms with Crippen molar-refractivity contribution >= 4 is 40.8 Å². The van der Waals surface area contributed by atoms with Crippen molar-refractivity contribution in [3.63, 3.8) is 0 Å². The Morgan fingerprint density at radius 2 is 1.84 bits per heavy atom. The van der Waals surface area contributed by atoms with Gasteiger partial charge in [0.2, 0.25) is 0 Å². The second-order valence-corrected chi connectivity index (χ2v) is 9.54. The number of aliphatic imine (C=N–C) groups is 1. The van der Waals surface area contributed by atoms with Gasteiger partial charge in [0.1, 0.15) is 0 Å². The van der Waals surface area contributed by atoms with Crippen molar-refractivity contribution in [1.82, 2.24) is 25.4 Å². The van der Waals surface area contributed by atoms with Crippen LogP contribution in [-0.2, 0) is 6.42 Å². The van der Waals surface area contributed by atoms with Crippen molar-refractivity contribution in [2.45, 2.75) is 51.0 Å². The number of aromatic nitrogens is 1. The highest BCUT2D eigenvalue weighted by molar-refractivity contribution is 14.0. The fraction of sp³-hybridized carbons (Fsp3) is 0.640. The van der Waals surface area contributed by atoms with Crippen LogP contribution in [-0.4, -0.2) is 79.6 Å². The highest BCUT2D eigenvalue weighted by Crippen LogP contribution is 2.30. The number of halogens is 1. The maximum atomic E-state index is 4.51. The number of guanidine groups is 1. The number of nitrogens with one attached hydrogen (secondary N) is 3. The lowest BCUT2D eigenvalue weighted by molar-refractivity contribution is 0.0173. The summed E-state index contributed by atoms with van der Waals surface area (Å²) in [5, 5.41) is 8.56. The molecule has 2 fully saturated rings. The van der Waals surface area contributed by atoms with Gasteiger partial charge in [-0.3, -0.25) is 9.89 Å². The van der Waals surface area contributed by atoms with E-state index in [0.29, 0.717) is 0 Å². The molecule has 6 nitrogen and oxygen atoms in total. The Hall–Kier alpha value is -1.32. The van der Waals surface area contributed by atoms with Gasteiger partial charge < -0.3 is 20.5 Å². The summed E-state index contributed by atoms with van der Waals surface area (Å²) in [6, 6.07) is 6.63. The highest BCUT2D eigenvalue weighted by atomic mass is 127. The molecule has 178 valence electrons. The van der Waals surface area contributed by atoms with Crippen LogP contribution in [0.1, 0.15) is 43.2 Å². The van der Waals surface area contributed by atoms with E-state index in [2.05, 4.69) is 68.8 Å². The van der Waals surface area contributed by atoms with Gasteiger partial charge in [0.25, 0.3) is 0 Å². The summed E-state index contributed by atoms with van der Waals surface area (Å²) in [5.41, 5.74) is 4.14. The third kappa shape index (κ3) is 5.97. The van der Waals surface area contributed by atoms with E-state index in [1.807, 2.05) is 7.05 Å². The van der Waals surface area contributed by atoms with Gasteiger partial charge in [0.05, 0.1) is 0 Å². The smallest absolute Gasteiger partial charge is 0.191 e. The van der Waals surface area contributed by atoms with Gasteiger partial charge in [-0.15, -0.1) is 24.0 Å². The lowest BCUT2D eigenvalue weighted by Crippen LogP contribution is -2.62. The number of H-pyrrole nitrogens is 1. The van der Waals surface area contributed by atoms with Gasteiger partial charge in [-0.25, -0.2) is 0 Å². The van der Waals surface area contributed by atoms with Gasteiger partial charge in [-0.1, -0.05) is 18.6 Å². The number of piperidine rings is 2. The fourth-order valence-electron chi connectivity index (χ4n) is 5.30. The molecule has 3 heterocycles. The molecule has 0 atom stereocenters. The van der Waals surface area contributed by atoms with Crippen LogP contribution < -0.4 is 10.6 Å². The van der Waals surface area contributed by atoms with Crippen LogP contribution >= 0.6 is 24.0 Å². The molecule has 0 radical (unpaired) electrons. The number of likely N-dealkylation sites (tertiary alicyclic amines) is 2. The van der Waals surface area contributed by atoms with Crippen LogP contribution in [0.5, 0.6) is 0 Å². The molecule has 32 heavy (non-hydrogen) atoms. The highest BCUT2D eigenvalue weighted by Gasteiger charge is 2.39. The Morgan fingerprint density at radius 1 is 1.09 bits per heavy atom. The summed E-state index contributed by atoms with van der Waals surface area (Å²) in [7, 11) is 4.13. The summed E-state index contributed by atoms with van der Waals surface area (Å²) in [4.78, 5) is 13.2. The normalized spacial score (nSPS) is 20.2. The molecule has 7 heteroatoms. The number of benzene rings is 1. The Balaban J connectivity index is 0.00000289. The van der Waals surface area contributed by atoms with E-state index in [1.54, 1.807) is 0 Å². The van der Waals surface area contributed by atoms with Gasteiger partial charge in [0.15, 0.2) is 5.96 Å². The predicted octanol–water partition coefficient (Wildman–Crippen LogP) is 3.75. The number of hydrogen-bond acceptors (Lipinski definition) is 3. The Bertz CT molecular complexity index is 878. The molecule has 0 amide bonds. The average molecular weight is 553 g/mol. The quantitative estimate of drug-likeness (QED) is 0.290. The largest absolute Gasteiger partial charge is 0.361 e. The third-order valence-electron chi connectivity index (χ3n) is 7.36. The summed E-state index contributed by atoms with van der Waals surface area (Å²) in [5.74, 6) is 0.922. The molecule has 0 aliphatic carbocycles. The molecular formula is C25H41IN6. The minimum Gasteiger partial charge on any atom is -0.361 e. The summed E-state index contributed by atoms with van der Waals surface area (Å²) < 4.78 is 0. The fourth-order valence-corrected chi connectivity index (χ4v) is 5.30. The SMILES string of the molecule is CN=C(NCCc1c[nH]c2cc(C)ccc12)NCC1(N2CCCCC2)CCN(C)CC1.I. The van der Waals surface area contributed by atoms with E-state index in [4.69, 9.17) is 0 Å². The lowest BCUT2D eigenvalue weighted by Gasteiger charge is -2.50. The van der Waals surface area contributed by atoms with Gasteiger partial charge in [-0.05, 0) is 89.4 Å². The number of aryl methyl sites for hydroxylation is 1. The topological polar surface area (TPSA) is 58.7 Å². The van der Waals surface area contributed by atoms with Crippen LogP contribution in [0, 0.1) is 6.92 Å². The van der Waals surface area contributed by atoms with E-state index in [0.717, 1.165) is 25.5 Å². The third-order valence-corrected chi connectivity index (χ3v) is 7.36. The van der Waals surface area contributed by atoms with E-state index < -0.39 is 0 Å². The first-order chi connectivity index (χ1) is 15.1. The maximum absolute atomic E-state index is 4.51. The zero-order valence-corrected chi connectivity index (χ0v) is 22.4. The number of nitrogens with zero attached hydrogens (tertiary/aromatic N) is 3. The molecule has 1 aromatic heterocycles. The number of fused-ring (bicyclic) bond motifs is 1. The van der Waals surface area contributed by atoms with Crippen LogP contribution in [0.4, 0.5) is 0 Å². The van der Waals surface area contributed by atoms with Crippen molar-refractivity contribution in [2.75, 3.05) is 53.4 Å². The van der Waals surface area contributed by atoms with Crippen LogP contribution in [0.25, 0.3) is 10.9 Å². The first-order valence-electron chi connectivity index (χ1n) is 12.0. The molecular weight excluding hydrogens is 511 g/mol. The lowest BCUT2D eigenvalue weighted by atomic mass is 9.84. The molecule has 0 spiro atoms. The van der Waals surface area contributed by atoms with Gasteiger partial charge in [0, 0.05) is 42.8 Å². The average Bonchev–Trinajstić information content (AvgIpc) is 3.20. The minimum absolute atomic E-state index is 0. The Morgan fingerprint density at radius 3 is 2.56 bits per heavy atom. The number of hydrogen-bond donors (Lipinski definition) is 3. The summed E-state index contributed by atoms with van der Waals surface area (Å²) >= 11 is 0. The monoisotopic (exact) mass is 552 g/mol. The van der Waals surface area contributed by atoms with E-state index in [9.17, 15) is 0 Å². The van der Waals surface area contributed by atoms with E-state index in [-0.39, 0.29) is 29.5 Å². The molecule has 2 aromatic rings. The second-order valence-electron chi connectivity index (χ2n) is 9.54. The van der Waals surface area contributed by atoms with Crippen molar-refractivity contribution in [1.29, 1.82) is 0 Å². The predicted molar refractivity (Wildman–Crippen MR) is 146 cm³/mol. The van der Waals surface area contributed by atoms with Crippen molar-refractivity contribution in [2.24, 2.45) is 4.99 Å². The first-order valence-corrected chi connectivity index (χ1v) is 12.0. The maximum Gasteiger partial charge on any atom is 0.191 e. The Labute approximate surface area is 210 Å².